The van der Waals surface area contributed by atoms with E-state index in [-0.39, 0.29) is 18.4 Å². The van der Waals surface area contributed by atoms with Crippen LogP contribution < -0.4 is 14.8 Å². The molecule has 6 nitrogen and oxygen atoms in total. The average molecular weight is 482 g/mol. The highest BCUT2D eigenvalue weighted by Crippen LogP contribution is 2.24. The highest BCUT2D eigenvalue weighted by atomic mass is 16.5. The molecule has 0 aliphatic rings. The number of carbonyl (C=O) groups excluding carboxylic acids is 1. The zero-order valence-corrected chi connectivity index (χ0v) is 20.9. The maximum atomic E-state index is 12.9. The van der Waals surface area contributed by atoms with Crippen molar-refractivity contribution < 1.29 is 14.3 Å². The summed E-state index contributed by atoms with van der Waals surface area (Å²) < 4.78 is 11.2. The standard InChI is InChI=1S/C30H31N3O3/c1-4-35-25-14-10-23(11-15-25)19-29(34)33-30-27(18-22-8-6-5-7-9-22)32-28(20-31-30)24-12-16-26(17-13-24)36-21(2)3/h5-17,20-21H,4,18-19H2,1-3H3,(H,31,33,34). The van der Waals surface area contributed by atoms with Crippen molar-refractivity contribution >= 4 is 11.7 Å². The van der Waals surface area contributed by atoms with Crippen LogP contribution in [0.2, 0.25) is 0 Å². The van der Waals surface area contributed by atoms with Gasteiger partial charge in [0.25, 0.3) is 0 Å². The first kappa shape index (κ1) is 24.9. The van der Waals surface area contributed by atoms with Crippen molar-refractivity contribution in [2.24, 2.45) is 0 Å². The highest BCUT2D eigenvalue weighted by Gasteiger charge is 2.14. The van der Waals surface area contributed by atoms with Crippen molar-refractivity contribution in [2.75, 3.05) is 11.9 Å². The molecular weight excluding hydrogens is 450 g/mol. The maximum absolute atomic E-state index is 12.9. The first-order valence-electron chi connectivity index (χ1n) is 12.2. The molecule has 1 amide bonds. The minimum Gasteiger partial charge on any atom is -0.494 e. The lowest BCUT2D eigenvalue weighted by Gasteiger charge is -2.13. The Bertz CT molecular complexity index is 1270. The monoisotopic (exact) mass is 481 g/mol. The number of nitrogens with zero attached hydrogens (tertiary/aromatic N) is 2. The van der Waals surface area contributed by atoms with E-state index in [1.165, 1.54) is 0 Å². The summed E-state index contributed by atoms with van der Waals surface area (Å²) in [5.41, 5.74) is 4.36. The summed E-state index contributed by atoms with van der Waals surface area (Å²) in [6, 6.07) is 25.4. The number of rotatable bonds is 10. The van der Waals surface area contributed by atoms with E-state index in [9.17, 15) is 4.79 Å². The predicted octanol–water partition coefficient (Wildman–Crippen LogP) is 6.10. The van der Waals surface area contributed by atoms with Crippen LogP contribution in [0.25, 0.3) is 11.3 Å². The second-order valence-electron chi connectivity index (χ2n) is 8.71. The van der Waals surface area contributed by atoms with Crippen LogP contribution in [0.5, 0.6) is 11.5 Å². The van der Waals surface area contributed by atoms with Gasteiger partial charge in [-0.3, -0.25) is 4.79 Å². The largest absolute Gasteiger partial charge is 0.494 e. The van der Waals surface area contributed by atoms with E-state index in [1.54, 1.807) is 6.20 Å². The normalized spacial score (nSPS) is 10.8. The molecule has 0 spiro atoms. The van der Waals surface area contributed by atoms with Crippen molar-refractivity contribution in [1.82, 2.24) is 9.97 Å². The molecule has 184 valence electrons. The number of nitrogens with one attached hydrogen (secondary N) is 1. The number of hydrogen-bond donors (Lipinski definition) is 1. The van der Waals surface area contributed by atoms with E-state index >= 15 is 0 Å². The Morgan fingerprint density at radius 1 is 0.889 bits per heavy atom. The summed E-state index contributed by atoms with van der Waals surface area (Å²) >= 11 is 0. The third-order valence-corrected chi connectivity index (χ3v) is 5.44. The zero-order valence-electron chi connectivity index (χ0n) is 20.9. The lowest BCUT2D eigenvalue weighted by Crippen LogP contribution is -2.17. The molecule has 0 unspecified atom stereocenters. The molecule has 1 heterocycles. The van der Waals surface area contributed by atoms with Crippen molar-refractivity contribution in [2.45, 2.75) is 39.7 Å². The number of carbonyl (C=O) groups is 1. The maximum Gasteiger partial charge on any atom is 0.229 e. The molecule has 4 aromatic rings. The molecule has 0 aliphatic heterocycles. The number of anilines is 1. The fourth-order valence-electron chi connectivity index (χ4n) is 3.79. The van der Waals surface area contributed by atoms with Crippen molar-refractivity contribution in [3.8, 4) is 22.8 Å². The van der Waals surface area contributed by atoms with Gasteiger partial charge in [0.1, 0.15) is 11.5 Å². The number of benzene rings is 3. The van der Waals surface area contributed by atoms with Crippen LogP contribution in [-0.2, 0) is 17.6 Å². The SMILES string of the molecule is CCOc1ccc(CC(=O)Nc2ncc(-c3ccc(OC(C)C)cc3)nc2Cc2ccccc2)cc1. The Balaban J connectivity index is 1.55. The van der Waals surface area contributed by atoms with Gasteiger partial charge in [-0.2, -0.15) is 0 Å². The number of aromatic nitrogens is 2. The lowest BCUT2D eigenvalue weighted by molar-refractivity contribution is -0.115. The van der Waals surface area contributed by atoms with Gasteiger partial charge in [-0.25, -0.2) is 9.97 Å². The van der Waals surface area contributed by atoms with Gasteiger partial charge in [-0.1, -0.05) is 42.5 Å². The van der Waals surface area contributed by atoms with Crippen molar-refractivity contribution in [3.63, 3.8) is 0 Å². The van der Waals surface area contributed by atoms with E-state index in [4.69, 9.17) is 14.5 Å². The summed E-state index contributed by atoms with van der Waals surface area (Å²) in [7, 11) is 0. The smallest absolute Gasteiger partial charge is 0.229 e. The quantitative estimate of drug-likeness (QED) is 0.296. The summed E-state index contributed by atoms with van der Waals surface area (Å²) in [4.78, 5) is 22.3. The fourth-order valence-corrected chi connectivity index (χ4v) is 3.79. The van der Waals surface area contributed by atoms with Gasteiger partial charge in [0.15, 0.2) is 5.82 Å². The van der Waals surface area contributed by atoms with E-state index in [0.29, 0.717) is 24.5 Å². The number of amides is 1. The summed E-state index contributed by atoms with van der Waals surface area (Å²) in [6.45, 7) is 6.54. The van der Waals surface area contributed by atoms with Crippen LogP contribution in [-0.4, -0.2) is 28.6 Å². The summed E-state index contributed by atoms with van der Waals surface area (Å²) in [5, 5.41) is 2.96. The van der Waals surface area contributed by atoms with Gasteiger partial charge >= 0.3 is 0 Å². The molecule has 6 heteroatoms. The number of hydrogen-bond acceptors (Lipinski definition) is 5. The third kappa shape index (κ3) is 6.92. The fraction of sp³-hybridized carbons (Fsp3) is 0.233. The second-order valence-corrected chi connectivity index (χ2v) is 8.71. The van der Waals surface area contributed by atoms with Gasteiger partial charge in [0, 0.05) is 12.0 Å². The number of ether oxygens (including phenoxy) is 2. The molecular formula is C30H31N3O3. The molecule has 1 N–H and O–H groups in total. The van der Waals surface area contributed by atoms with Crippen LogP contribution in [0.3, 0.4) is 0 Å². The van der Waals surface area contributed by atoms with E-state index in [0.717, 1.165) is 33.9 Å². The Kier molecular flexibility index (Phi) is 8.29. The third-order valence-electron chi connectivity index (χ3n) is 5.44. The van der Waals surface area contributed by atoms with Crippen LogP contribution in [0.4, 0.5) is 5.82 Å². The van der Waals surface area contributed by atoms with Gasteiger partial charge in [0.05, 0.1) is 36.7 Å². The van der Waals surface area contributed by atoms with Crippen LogP contribution in [0.1, 0.15) is 37.6 Å². The minimum atomic E-state index is -0.147. The van der Waals surface area contributed by atoms with E-state index in [1.807, 2.05) is 99.6 Å². The van der Waals surface area contributed by atoms with Gasteiger partial charge in [-0.15, -0.1) is 0 Å². The first-order chi connectivity index (χ1) is 17.5. The van der Waals surface area contributed by atoms with E-state index in [2.05, 4.69) is 10.3 Å². The van der Waals surface area contributed by atoms with Crippen LogP contribution in [0.15, 0.2) is 85.1 Å². The molecule has 4 rings (SSSR count). The molecule has 3 aromatic carbocycles. The molecule has 0 atom stereocenters. The predicted molar refractivity (Wildman–Crippen MR) is 142 cm³/mol. The van der Waals surface area contributed by atoms with Crippen LogP contribution >= 0.6 is 0 Å². The Labute approximate surface area is 212 Å². The van der Waals surface area contributed by atoms with Crippen LogP contribution in [0, 0.1) is 0 Å². The average Bonchev–Trinajstić information content (AvgIpc) is 2.87. The Morgan fingerprint density at radius 3 is 2.25 bits per heavy atom. The molecule has 1 aromatic heterocycles. The molecule has 0 aliphatic carbocycles. The van der Waals surface area contributed by atoms with Gasteiger partial charge < -0.3 is 14.8 Å². The molecule has 0 bridgehead atoms. The Hall–Kier alpha value is -4.19. The van der Waals surface area contributed by atoms with E-state index < -0.39 is 0 Å². The zero-order chi connectivity index (χ0) is 25.3. The molecule has 36 heavy (non-hydrogen) atoms. The van der Waals surface area contributed by atoms with Gasteiger partial charge in [-0.05, 0) is 68.3 Å². The lowest BCUT2D eigenvalue weighted by atomic mass is 10.1. The topological polar surface area (TPSA) is 73.3 Å². The minimum absolute atomic E-state index is 0.110. The van der Waals surface area contributed by atoms with Crippen molar-refractivity contribution in [3.05, 3.63) is 102 Å². The summed E-state index contributed by atoms with van der Waals surface area (Å²) in [6.07, 6.45) is 2.59. The Morgan fingerprint density at radius 2 is 1.58 bits per heavy atom. The molecule has 0 radical (unpaired) electrons. The summed E-state index contributed by atoms with van der Waals surface area (Å²) in [5.74, 6) is 1.92. The van der Waals surface area contributed by atoms with Gasteiger partial charge in [0.2, 0.25) is 5.91 Å². The first-order valence-corrected chi connectivity index (χ1v) is 12.2. The second kappa shape index (κ2) is 12.0. The molecule has 0 fully saturated rings. The highest BCUT2D eigenvalue weighted by molar-refractivity contribution is 5.92. The molecule has 0 saturated carbocycles. The molecule has 0 saturated heterocycles. The van der Waals surface area contributed by atoms with Crippen molar-refractivity contribution in [1.29, 1.82) is 0 Å².